The van der Waals surface area contributed by atoms with Crippen LogP contribution in [0, 0.1) is 5.92 Å². The van der Waals surface area contributed by atoms with E-state index in [0.717, 1.165) is 57.9 Å². The zero-order valence-corrected chi connectivity index (χ0v) is 12.4. The van der Waals surface area contributed by atoms with Crippen LogP contribution < -0.4 is 0 Å². The van der Waals surface area contributed by atoms with Gasteiger partial charge in [-0.2, -0.15) is 0 Å². The lowest BCUT2D eigenvalue weighted by Crippen LogP contribution is -2.60. The number of hydrogen-bond acceptors (Lipinski definition) is 4. The van der Waals surface area contributed by atoms with E-state index >= 15 is 0 Å². The zero-order valence-electron chi connectivity index (χ0n) is 11.6. The normalized spacial score (nSPS) is 30.6. The van der Waals surface area contributed by atoms with Crippen molar-refractivity contribution in [2.75, 3.05) is 38.7 Å². The number of carbonyl (C=O) groups excluding carboxylic acids is 1. The molecule has 3 aliphatic heterocycles. The predicted octanol–water partition coefficient (Wildman–Crippen LogP) is 1.54. The van der Waals surface area contributed by atoms with Gasteiger partial charge in [-0.15, -0.1) is 11.8 Å². The molecule has 3 saturated heterocycles. The number of thioether (sulfide) groups is 1. The minimum absolute atomic E-state index is 0.206. The van der Waals surface area contributed by atoms with E-state index < -0.39 is 0 Å². The van der Waals surface area contributed by atoms with E-state index in [4.69, 9.17) is 9.47 Å². The Labute approximate surface area is 119 Å². The maximum atomic E-state index is 11.3. The summed E-state index contributed by atoms with van der Waals surface area (Å²) in [4.78, 5) is 13.2. The predicted molar refractivity (Wildman–Crippen MR) is 75.3 cm³/mol. The Morgan fingerprint density at radius 1 is 1.42 bits per heavy atom. The average Bonchev–Trinajstić information content (AvgIpc) is 2.80. The molecule has 0 unspecified atom stereocenters. The SMILES string of the molecule is CC(=O)N1CC2(C[C@H](OCC3CCOCC3)CS2)C1. The van der Waals surface area contributed by atoms with Crippen LogP contribution in [0.3, 0.4) is 0 Å². The molecule has 108 valence electrons. The first-order valence-electron chi connectivity index (χ1n) is 7.26. The molecule has 1 atom stereocenters. The molecule has 5 heteroatoms. The number of hydrogen-bond donors (Lipinski definition) is 0. The number of amides is 1. The fourth-order valence-electron chi connectivity index (χ4n) is 3.19. The van der Waals surface area contributed by atoms with Gasteiger partial charge in [-0.3, -0.25) is 4.79 Å². The third kappa shape index (κ3) is 3.09. The molecule has 0 aromatic carbocycles. The average molecular weight is 285 g/mol. The summed E-state index contributed by atoms with van der Waals surface area (Å²) >= 11 is 2.00. The summed E-state index contributed by atoms with van der Waals surface area (Å²) < 4.78 is 11.8. The second kappa shape index (κ2) is 5.62. The van der Waals surface area contributed by atoms with Crippen LogP contribution in [0.15, 0.2) is 0 Å². The van der Waals surface area contributed by atoms with Gasteiger partial charge in [0.1, 0.15) is 0 Å². The quantitative estimate of drug-likeness (QED) is 0.788. The summed E-state index contributed by atoms with van der Waals surface area (Å²) in [5, 5.41) is 0. The Bertz CT molecular complexity index is 338. The van der Waals surface area contributed by atoms with E-state index in [2.05, 4.69) is 0 Å². The standard InChI is InChI=1S/C14H23NO3S/c1-11(16)15-9-14(10-15)6-13(8-19-14)18-7-12-2-4-17-5-3-12/h12-13H,2-10H2,1H3/t13-/m0/s1. The van der Waals surface area contributed by atoms with E-state index in [-0.39, 0.29) is 5.91 Å². The first kappa shape index (κ1) is 13.7. The first-order valence-corrected chi connectivity index (χ1v) is 8.24. The molecule has 0 N–H and O–H groups in total. The van der Waals surface area contributed by atoms with Crippen molar-refractivity contribution in [2.24, 2.45) is 5.92 Å². The summed E-state index contributed by atoms with van der Waals surface area (Å²) in [5.41, 5.74) is 0. The lowest BCUT2D eigenvalue weighted by molar-refractivity contribution is -0.134. The first-order chi connectivity index (χ1) is 9.17. The molecule has 3 heterocycles. The van der Waals surface area contributed by atoms with Crippen molar-refractivity contribution in [3.8, 4) is 0 Å². The minimum atomic E-state index is 0.206. The van der Waals surface area contributed by atoms with Crippen molar-refractivity contribution in [2.45, 2.75) is 37.0 Å². The van der Waals surface area contributed by atoms with Crippen molar-refractivity contribution >= 4 is 17.7 Å². The van der Waals surface area contributed by atoms with Crippen molar-refractivity contribution in [3.63, 3.8) is 0 Å². The van der Waals surface area contributed by atoms with E-state index in [1.54, 1.807) is 6.92 Å². The Morgan fingerprint density at radius 3 is 2.84 bits per heavy atom. The zero-order chi connectivity index (χ0) is 13.3. The molecule has 0 bridgehead atoms. The number of ether oxygens (including phenoxy) is 2. The molecule has 0 saturated carbocycles. The van der Waals surface area contributed by atoms with Gasteiger partial charge < -0.3 is 14.4 Å². The van der Waals surface area contributed by atoms with Crippen LogP contribution in [0.5, 0.6) is 0 Å². The molecule has 19 heavy (non-hydrogen) atoms. The number of nitrogens with zero attached hydrogens (tertiary/aromatic N) is 1. The summed E-state index contributed by atoms with van der Waals surface area (Å²) in [7, 11) is 0. The molecule has 3 rings (SSSR count). The second-order valence-corrected chi connectivity index (χ2v) is 7.57. The highest BCUT2D eigenvalue weighted by Gasteiger charge is 2.50. The fraction of sp³-hybridized carbons (Fsp3) is 0.929. The van der Waals surface area contributed by atoms with Crippen LogP contribution in [0.2, 0.25) is 0 Å². The van der Waals surface area contributed by atoms with Gasteiger partial charge in [-0.1, -0.05) is 0 Å². The Kier molecular flexibility index (Phi) is 4.06. The third-order valence-electron chi connectivity index (χ3n) is 4.49. The molecule has 0 aliphatic carbocycles. The van der Waals surface area contributed by atoms with Crippen LogP contribution >= 0.6 is 11.8 Å². The smallest absolute Gasteiger partial charge is 0.219 e. The number of rotatable bonds is 3. The van der Waals surface area contributed by atoms with Gasteiger partial charge in [-0.25, -0.2) is 0 Å². The largest absolute Gasteiger partial charge is 0.381 e. The van der Waals surface area contributed by atoms with Crippen molar-refractivity contribution < 1.29 is 14.3 Å². The molecule has 0 radical (unpaired) electrons. The highest BCUT2D eigenvalue weighted by atomic mass is 32.2. The van der Waals surface area contributed by atoms with E-state index in [1.807, 2.05) is 16.7 Å². The van der Waals surface area contributed by atoms with Crippen LogP contribution in [-0.4, -0.2) is 60.3 Å². The third-order valence-corrected chi connectivity index (χ3v) is 6.06. The summed E-state index contributed by atoms with van der Waals surface area (Å²) in [6.07, 6.45) is 3.79. The van der Waals surface area contributed by atoms with Crippen molar-refractivity contribution in [3.05, 3.63) is 0 Å². The Morgan fingerprint density at radius 2 is 2.16 bits per heavy atom. The van der Waals surface area contributed by atoms with E-state index in [1.165, 1.54) is 0 Å². The van der Waals surface area contributed by atoms with Gasteiger partial charge in [-0.05, 0) is 25.2 Å². The molecule has 0 aromatic heterocycles. The molecular formula is C14H23NO3S. The molecule has 4 nitrogen and oxygen atoms in total. The lowest BCUT2D eigenvalue weighted by Gasteiger charge is -2.47. The Hall–Kier alpha value is -0.260. The van der Waals surface area contributed by atoms with Crippen LogP contribution in [0.1, 0.15) is 26.2 Å². The topological polar surface area (TPSA) is 38.8 Å². The molecular weight excluding hydrogens is 262 g/mol. The maximum Gasteiger partial charge on any atom is 0.219 e. The summed E-state index contributed by atoms with van der Waals surface area (Å²) in [6, 6.07) is 0. The number of carbonyl (C=O) groups is 1. The van der Waals surface area contributed by atoms with Gasteiger partial charge in [0, 0.05) is 45.6 Å². The van der Waals surface area contributed by atoms with E-state index in [9.17, 15) is 4.79 Å². The highest BCUT2D eigenvalue weighted by Crippen LogP contribution is 2.46. The Balaban J connectivity index is 1.39. The van der Waals surface area contributed by atoms with Gasteiger partial charge in [0.25, 0.3) is 0 Å². The van der Waals surface area contributed by atoms with Gasteiger partial charge in [0.05, 0.1) is 10.9 Å². The minimum Gasteiger partial charge on any atom is -0.381 e. The number of likely N-dealkylation sites (tertiary alicyclic amines) is 1. The monoisotopic (exact) mass is 285 g/mol. The lowest BCUT2D eigenvalue weighted by atomic mass is 9.93. The molecule has 3 aliphatic rings. The van der Waals surface area contributed by atoms with Gasteiger partial charge >= 0.3 is 0 Å². The van der Waals surface area contributed by atoms with Crippen LogP contribution in [-0.2, 0) is 14.3 Å². The van der Waals surface area contributed by atoms with Crippen molar-refractivity contribution in [1.29, 1.82) is 0 Å². The van der Waals surface area contributed by atoms with Crippen molar-refractivity contribution in [1.82, 2.24) is 4.90 Å². The highest BCUT2D eigenvalue weighted by molar-refractivity contribution is 8.01. The molecule has 1 amide bonds. The fourth-order valence-corrected chi connectivity index (χ4v) is 4.74. The summed E-state index contributed by atoms with van der Waals surface area (Å²) in [6.45, 7) is 6.18. The van der Waals surface area contributed by atoms with Gasteiger partial charge in [0.15, 0.2) is 0 Å². The molecule has 3 fully saturated rings. The maximum absolute atomic E-state index is 11.3. The van der Waals surface area contributed by atoms with Crippen LogP contribution in [0.4, 0.5) is 0 Å². The van der Waals surface area contributed by atoms with Gasteiger partial charge in [0.2, 0.25) is 5.91 Å². The second-order valence-electron chi connectivity index (χ2n) is 6.08. The van der Waals surface area contributed by atoms with Crippen LogP contribution in [0.25, 0.3) is 0 Å². The molecule has 1 spiro atoms. The summed E-state index contributed by atoms with van der Waals surface area (Å²) in [5.74, 6) is 1.98. The molecule has 0 aromatic rings. The van der Waals surface area contributed by atoms with E-state index in [0.29, 0.717) is 16.8 Å².